The Kier molecular flexibility index (Phi) is 9.49. The number of carbonyl (C=O) groups is 1. The van der Waals surface area contributed by atoms with Gasteiger partial charge in [0.2, 0.25) is 10.0 Å². The number of methoxy groups -OCH3 is 1. The lowest BCUT2D eigenvalue weighted by Gasteiger charge is -2.31. The summed E-state index contributed by atoms with van der Waals surface area (Å²) in [6, 6.07) is 13.4. The van der Waals surface area contributed by atoms with Crippen molar-refractivity contribution >= 4 is 26.8 Å². The number of ether oxygens (including phenoxy) is 1. The van der Waals surface area contributed by atoms with Crippen molar-refractivity contribution in [1.29, 1.82) is 0 Å². The number of piperidine rings is 1. The van der Waals surface area contributed by atoms with Crippen molar-refractivity contribution in [2.45, 2.75) is 70.4 Å². The zero-order valence-corrected chi connectivity index (χ0v) is 25.2. The van der Waals surface area contributed by atoms with E-state index in [2.05, 4.69) is 47.1 Å². The van der Waals surface area contributed by atoms with Gasteiger partial charge < -0.3 is 15.5 Å². The first-order chi connectivity index (χ1) is 19.8. The first kappa shape index (κ1) is 29.8. The third-order valence-corrected chi connectivity index (χ3v) is 10.8. The minimum Gasteiger partial charge on any atom is -0.385 e. The number of aromatic nitrogens is 1. The Hall–Kier alpha value is -2.72. The molecule has 222 valence electrons. The van der Waals surface area contributed by atoms with Crippen LogP contribution < -0.4 is 5.73 Å². The third-order valence-electron chi connectivity index (χ3n) is 8.89. The third kappa shape index (κ3) is 6.69. The van der Waals surface area contributed by atoms with E-state index in [1.807, 2.05) is 12.3 Å². The van der Waals surface area contributed by atoms with E-state index in [4.69, 9.17) is 10.5 Å². The first-order valence-electron chi connectivity index (χ1n) is 15.1. The van der Waals surface area contributed by atoms with E-state index in [-0.39, 0.29) is 11.7 Å². The van der Waals surface area contributed by atoms with Gasteiger partial charge in [-0.2, -0.15) is 0 Å². The van der Waals surface area contributed by atoms with Crippen LogP contribution in [0, 0.1) is 0 Å². The fourth-order valence-corrected chi connectivity index (χ4v) is 8.27. The van der Waals surface area contributed by atoms with Gasteiger partial charge in [0.1, 0.15) is 0 Å². The monoisotopic (exact) mass is 580 g/mol. The Morgan fingerprint density at radius 1 is 1.10 bits per heavy atom. The van der Waals surface area contributed by atoms with Gasteiger partial charge in [-0.05, 0) is 91.4 Å². The summed E-state index contributed by atoms with van der Waals surface area (Å²) in [7, 11) is -1.70. The fourth-order valence-electron chi connectivity index (χ4n) is 6.76. The maximum absolute atomic E-state index is 12.8. The van der Waals surface area contributed by atoms with Crippen LogP contribution in [-0.2, 0) is 21.3 Å². The van der Waals surface area contributed by atoms with Gasteiger partial charge in [0.05, 0.1) is 16.8 Å². The van der Waals surface area contributed by atoms with E-state index >= 15 is 0 Å². The number of aromatic amines is 1. The van der Waals surface area contributed by atoms with Gasteiger partial charge in [-0.1, -0.05) is 31.5 Å². The van der Waals surface area contributed by atoms with Crippen LogP contribution in [0.15, 0.2) is 42.6 Å². The molecule has 1 aromatic heterocycles. The Balaban J connectivity index is 1.39. The van der Waals surface area contributed by atoms with Crippen LogP contribution in [0.5, 0.6) is 0 Å². The molecule has 2 saturated heterocycles. The van der Waals surface area contributed by atoms with Crippen molar-refractivity contribution < 1.29 is 17.9 Å². The summed E-state index contributed by atoms with van der Waals surface area (Å²) in [5, 5.41) is 0.991. The molecular weight excluding hydrogens is 536 g/mol. The summed E-state index contributed by atoms with van der Waals surface area (Å²) in [4.78, 5) is 18.5. The zero-order valence-electron chi connectivity index (χ0n) is 24.4. The molecule has 1 amide bonds. The number of likely N-dealkylation sites (tertiary alicyclic amines) is 1. The Labute approximate surface area is 244 Å². The van der Waals surface area contributed by atoms with Crippen LogP contribution in [0.2, 0.25) is 0 Å². The molecule has 41 heavy (non-hydrogen) atoms. The number of nitrogens with two attached hydrogens (primary N) is 1. The Morgan fingerprint density at radius 2 is 1.90 bits per heavy atom. The highest BCUT2D eigenvalue weighted by molar-refractivity contribution is 7.89. The maximum atomic E-state index is 12.8. The number of hydrogen-bond donors (Lipinski definition) is 2. The smallest absolute Gasteiger partial charge is 0.250 e. The highest BCUT2D eigenvalue weighted by atomic mass is 32.2. The molecule has 0 aliphatic carbocycles. The second kappa shape index (κ2) is 13.1. The zero-order chi connectivity index (χ0) is 29.0. The van der Waals surface area contributed by atoms with E-state index in [0.717, 1.165) is 53.5 Å². The van der Waals surface area contributed by atoms with Gasteiger partial charge in [-0.15, -0.1) is 0 Å². The molecule has 5 rings (SSSR count). The molecule has 2 aliphatic heterocycles. The second-order valence-corrected chi connectivity index (χ2v) is 13.7. The van der Waals surface area contributed by atoms with Crippen LogP contribution in [-0.4, -0.2) is 73.7 Å². The number of hydrogen-bond acceptors (Lipinski definition) is 5. The Bertz CT molecular complexity index is 1460. The summed E-state index contributed by atoms with van der Waals surface area (Å²) in [5.74, 6) is -0.153. The fraction of sp³-hybridized carbons (Fsp3) is 0.531. The molecule has 2 fully saturated rings. The van der Waals surface area contributed by atoms with E-state index in [1.54, 1.807) is 11.4 Å². The van der Waals surface area contributed by atoms with Gasteiger partial charge >= 0.3 is 0 Å². The van der Waals surface area contributed by atoms with Crippen molar-refractivity contribution in [2.75, 3.05) is 39.1 Å². The lowest BCUT2D eigenvalue weighted by molar-refractivity contribution is 0.100. The molecule has 0 saturated carbocycles. The second-order valence-electron chi connectivity index (χ2n) is 11.6. The first-order valence-corrected chi connectivity index (χ1v) is 16.7. The van der Waals surface area contributed by atoms with E-state index in [1.165, 1.54) is 31.2 Å². The van der Waals surface area contributed by atoms with Gasteiger partial charge in [-0.3, -0.25) is 9.69 Å². The summed E-state index contributed by atoms with van der Waals surface area (Å²) >= 11 is 0. The Morgan fingerprint density at radius 3 is 2.63 bits per heavy atom. The minimum absolute atomic E-state index is 0.111. The number of amides is 1. The standard InChI is InChI=1S/C32H44N4O4S/c1-3-7-27-10-5-13-35(27)22-23-8-4-9-25(18-23)26-19-28-30(21-34-31(28)29(20-26)32(33)37)24-11-14-36(15-12-24)41(38,39)17-6-16-40-2/h4,8-9,18-21,24,27,34H,3,5-7,10-17,22H2,1-2H3,(H2,33,37). The average molecular weight is 581 g/mol. The molecule has 0 radical (unpaired) electrons. The number of rotatable bonds is 12. The molecule has 3 aromatic rings. The molecular formula is C32H44N4O4S. The van der Waals surface area contributed by atoms with Crippen molar-refractivity contribution in [3.05, 3.63) is 59.3 Å². The number of fused-ring (bicyclic) bond motifs is 1. The lowest BCUT2D eigenvalue weighted by Crippen LogP contribution is -2.39. The molecule has 3 N–H and O–H groups in total. The van der Waals surface area contributed by atoms with Crippen LogP contribution in [0.3, 0.4) is 0 Å². The minimum atomic E-state index is -3.29. The molecule has 2 aliphatic rings. The predicted octanol–water partition coefficient (Wildman–Crippen LogP) is 5.24. The maximum Gasteiger partial charge on any atom is 0.250 e. The normalized spacial score (nSPS) is 19.3. The highest BCUT2D eigenvalue weighted by Gasteiger charge is 2.30. The average Bonchev–Trinajstić information content (AvgIpc) is 3.60. The van der Waals surface area contributed by atoms with Crippen LogP contribution in [0.25, 0.3) is 22.0 Å². The SMILES string of the molecule is CCCC1CCCN1Cc1cccc(-c2cc(C(N)=O)c3[nH]cc(C4CCN(S(=O)(=O)CCCOC)CC4)c3c2)c1. The van der Waals surface area contributed by atoms with E-state index in [0.29, 0.717) is 37.7 Å². The van der Waals surface area contributed by atoms with E-state index < -0.39 is 15.9 Å². The quantitative estimate of drug-likeness (QED) is 0.285. The van der Waals surface area contributed by atoms with Gasteiger partial charge in [0.15, 0.2) is 0 Å². The largest absolute Gasteiger partial charge is 0.385 e. The number of sulfonamides is 1. The molecule has 1 unspecified atom stereocenters. The summed E-state index contributed by atoms with van der Waals surface area (Å²) in [6.07, 6.45) is 8.93. The van der Waals surface area contributed by atoms with Gasteiger partial charge in [0, 0.05) is 51.0 Å². The van der Waals surface area contributed by atoms with Crippen molar-refractivity contribution in [3.63, 3.8) is 0 Å². The van der Waals surface area contributed by atoms with Crippen LogP contribution >= 0.6 is 0 Å². The molecule has 2 aromatic carbocycles. The number of carbonyl (C=O) groups excluding carboxylic acids is 1. The lowest BCUT2D eigenvalue weighted by atomic mass is 9.88. The van der Waals surface area contributed by atoms with Crippen molar-refractivity contribution in [2.24, 2.45) is 5.73 Å². The topological polar surface area (TPSA) is 109 Å². The molecule has 9 heteroatoms. The van der Waals surface area contributed by atoms with Crippen LogP contribution in [0.4, 0.5) is 0 Å². The number of nitrogens with one attached hydrogen (secondary N) is 1. The van der Waals surface area contributed by atoms with E-state index in [9.17, 15) is 13.2 Å². The number of primary amides is 1. The van der Waals surface area contributed by atoms with Gasteiger partial charge in [-0.25, -0.2) is 12.7 Å². The molecule has 0 bridgehead atoms. The van der Waals surface area contributed by atoms with Crippen molar-refractivity contribution in [3.8, 4) is 11.1 Å². The number of nitrogens with zero attached hydrogens (tertiary/aromatic N) is 2. The number of H-pyrrole nitrogens is 1. The predicted molar refractivity (Wildman–Crippen MR) is 164 cm³/mol. The van der Waals surface area contributed by atoms with Crippen molar-refractivity contribution in [1.82, 2.24) is 14.2 Å². The summed E-state index contributed by atoms with van der Waals surface area (Å²) in [5.41, 5.74) is 11.5. The number of benzene rings is 2. The molecule has 0 spiro atoms. The van der Waals surface area contributed by atoms with Crippen LogP contribution in [0.1, 0.15) is 79.3 Å². The molecule has 3 heterocycles. The summed E-state index contributed by atoms with van der Waals surface area (Å²) < 4.78 is 32.2. The highest BCUT2D eigenvalue weighted by Crippen LogP contribution is 2.37. The summed E-state index contributed by atoms with van der Waals surface area (Å²) in [6.45, 7) is 5.77. The molecule has 1 atom stereocenters. The van der Waals surface area contributed by atoms with Gasteiger partial charge in [0.25, 0.3) is 5.91 Å². The molecule has 8 nitrogen and oxygen atoms in total.